The third-order valence-electron chi connectivity index (χ3n) is 7.16. The Morgan fingerprint density at radius 2 is 1.68 bits per heavy atom. The zero-order valence-corrected chi connectivity index (χ0v) is 21.0. The summed E-state index contributed by atoms with van der Waals surface area (Å²) in [5.74, 6) is 0.786. The van der Waals surface area contributed by atoms with Gasteiger partial charge in [0.25, 0.3) is 0 Å². The number of carbonyl (C=O) groups excluding carboxylic acids is 2. The molecule has 1 amide bonds. The van der Waals surface area contributed by atoms with Crippen molar-refractivity contribution in [1.29, 1.82) is 0 Å². The molecule has 0 aliphatic carbocycles. The summed E-state index contributed by atoms with van der Waals surface area (Å²) in [5.41, 5.74) is 3.17. The molecule has 192 valence electrons. The molecule has 2 bridgehead atoms. The number of anilines is 1. The van der Waals surface area contributed by atoms with Crippen LogP contribution in [0.4, 0.5) is 10.5 Å². The fourth-order valence-corrected chi connectivity index (χ4v) is 5.04. The molecular formula is C30H32N2O5. The lowest BCUT2D eigenvalue weighted by Gasteiger charge is -2.44. The summed E-state index contributed by atoms with van der Waals surface area (Å²) >= 11 is 0. The Bertz CT molecular complexity index is 1210. The van der Waals surface area contributed by atoms with Crippen molar-refractivity contribution in [3.63, 3.8) is 0 Å². The molecule has 3 aromatic rings. The van der Waals surface area contributed by atoms with Gasteiger partial charge in [0.05, 0.1) is 19.2 Å². The molecule has 3 saturated heterocycles. The van der Waals surface area contributed by atoms with E-state index in [1.165, 1.54) is 7.11 Å². The van der Waals surface area contributed by atoms with Crippen LogP contribution < -0.4 is 9.64 Å². The first-order valence-corrected chi connectivity index (χ1v) is 12.7. The molecule has 1 atom stereocenters. The third kappa shape index (κ3) is 6.12. The molecular weight excluding hydrogens is 468 g/mol. The molecule has 0 N–H and O–H groups in total. The predicted molar refractivity (Wildman–Crippen MR) is 141 cm³/mol. The highest BCUT2D eigenvalue weighted by Gasteiger charge is 2.37. The number of rotatable bonds is 8. The van der Waals surface area contributed by atoms with E-state index in [4.69, 9.17) is 14.2 Å². The zero-order chi connectivity index (χ0) is 25.6. The van der Waals surface area contributed by atoms with E-state index in [0.717, 1.165) is 49.3 Å². The van der Waals surface area contributed by atoms with Crippen LogP contribution in [0.5, 0.6) is 5.75 Å². The highest BCUT2D eigenvalue weighted by molar-refractivity contribution is 5.89. The van der Waals surface area contributed by atoms with Crippen LogP contribution in [-0.4, -0.2) is 49.8 Å². The Morgan fingerprint density at radius 1 is 0.919 bits per heavy atom. The number of piperidine rings is 3. The zero-order valence-electron chi connectivity index (χ0n) is 21.0. The van der Waals surface area contributed by atoms with Crippen molar-refractivity contribution in [2.75, 3.05) is 31.6 Å². The van der Waals surface area contributed by atoms with Crippen molar-refractivity contribution in [3.05, 3.63) is 95.6 Å². The van der Waals surface area contributed by atoms with E-state index >= 15 is 0 Å². The number of amides is 1. The average Bonchev–Trinajstić information content (AvgIpc) is 2.96. The Hall–Kier alpha value is -3.84. The minimum atomic E-state index is -0.366. The number of hydrogen-bond acceptors (Lipinski definition) is 6. The molecule has 3 fully saturated rings. The number of para-hydroxylation sites is 1. The fourth-order valence-electron chi connectivity index (χ4n) is 5.04. The minimum Gasteiger partial charge on any atom is -0.489 e. The molecule has 3 aliphatic rings. The summed E-state index contributed by atoms with van der Waals surface area (Å²) in [6, 6.07) is 24.5. The van der Waals surface area contributed by atoms with E-state index < -0.39 is 0 Å². The molecule has 37 heavy (non-hydrogen) atoms. The first-order valence-electron chi connectivity index (χ1n) is 12.7. The van der Waals surface area contributed by atoms with Crippen molar-refractivity contribution in [2.45, 2.75) is 32.1 Å². The van der Waals surface area contributed by atoms with Gasteiger partial charge in [0.2, 0.25) is 0 Å². The maximum atomic E-state index is 13.4. The first kappa shape index (κ1) is 24.8. The Balaban J connectivity index is 1.26. The molecule has 6 rings (SSSR count). The second kappa shape index (κ2) is 11.5. The Labute approximate surface area is 217 Å². The van der Waals surface area contributed by atoms with E-state index in [0.29, 0.717) is 30.4 Å². The molecule has 0 unspecified atom stereocenters. The normalized spacial score (nSPS) is 20.2. The second-order valence-electron chi connectivity index (χ2n) is 9.61. The minimum absolute atomic E-state index is 0.0542. The average molecular weight is 501 g/mol. The molecule has 3 aliphatic heterocycles. The van der Waals surface area contributed by atoms with Gasteiger partial charge in [0.15, 0.2) is 0 Å². The van der Waals surface area contributed by atoms with E-state index in [2.05, 4.69) is 4.90 Å². The fraction of sp³-hybridized carbons (Fsp3) is 0.333. The summed E-state index contributed by atoms with van der Waals surface area (Å²) < 4.78 is 16.8. The molecule has 7 heteroatoms. The monoisotopic (exact) mass is 500 g/mol. The number of methoxy groups -OCH3 is 1. The summed E-state index contributed by atoms with van der Waals surface area (Å²) in [5, 5.41) is 0. The summed E-state index contributed by atoms with van der Waals surface area (Å²) in [4.78, 5) is 29.1. The number of esters is 1. The van der Waals surface area contributed by atoms with E-state index in [9.17, 15) is 9.59 Å². The lowest BCUT2D eigenvalue weighted by molar-refractivity contribution is -0.0311. The van der Waals surface area contributed by atoms with Gasteiger partial charge >= 0.3 is 12.1 Å². The van der Waals surface area contributed by atoms with Crippen LogP contribution in [0.3, 0.4) is 0 Å². The number of benzene rings is 3. The van der Waals surface area contributed by atoms with E-state index in [1.807, 2.05) is 66.7 Å². The SMILES string of the molecule is COC(=O)c1ccc(COc2cccc(CN(C(=O)O[C@H]3CN4CCC3CC4)c3ccccc3)c2)cc1. The van der Waals surface area contributed by atoms with Crippen LogP contribution in [0.15, 0.2) is 78.9 Å². The van der Waals surface area contributed by atoms with Gasteiger partial charge < -0.3 is 14.2 Å². The predicted octanol–water partition coefficient (Wildman–Crippen LogP) is 5.29. The van der Waals surface area contributed by atoms with Crippen LogP contribution >= 0.6 is 0 Å². The van der Waals surface area contributed by atoms with Crippen molar-refractivity contribution in [2.24, 2.45) is 5.92 Å². The van der Waals surface area contributed by atoms with Crippen LogP contribution in [0.25, 0.3) is 0 Å². The molecule has 3 heterocycles. The molecule has 0 spiro atoms. The summed E-state index contributed by atoms with van der Waals surface area (Å²) in [6.07, 6.45) is 1.81. The number of fused-ring (bicyclic) bond motifs is 3. The van der Waals surface area contributed by atoms with Gasteiger partial charge in [-0.15, -0.1) is 0 Å². The highest BCUT2D eigenvalue weighted by atomic mass is 16.6. The van der Waals surface area contributed by atoms with Crippen LogP contribution in [0.1, 0.15) is 34.3 Å². The van der Waals surface area contributed by atoms with Gasteiger partial charge in [-0.3, -0.25) is 9.80 Å². The van der Waals surface area contributed by atoms with Gasteiger partial charge in [-0.2, -0.15) is 0 Å². The number of carbonyl (C=O) groups is 2. The number of hydrogen-bond donors (Lipinski definition) is 0. The van der Waals surface area contributed by atoms with Crippen LogP contribution in [-0.2, 0) is 22.6 Å². The van der Waals surface area contributed by atoms with E-state index in [1.54, 1.807) is 17.0 Å². The molecule has 3 aromatic carbocycles. The smallest absolute Gasteiger partial charge is 0.414 e. The highest BCUT2D eigenvalue weighted by Crippen LogP contribution is 2.31. The molecule has 0 saturated carbocycles. The van der Waals surface area contributed by atoms with Gasteiger partial charge in [0, 0.05) is 12.2 Å². The van der Waals surface area contributed by atoms with Gasteiger partial charge in [-0.25, -0.2) is 9.59 Å². The van der Waals surface area contributed by atoms with E-state index in [-0.39, 0.29) is 18.2 Å². The summed E-state index contributed by atoms with van der Waals surface area (Å²) in [7, 11) is 1.36. The van der Waals surface area contributed by atoms with Crippen molar-refractivity contribution >= 4 is 17.7 Å². The third-order valence-corrected chi connectivity index (χ3v) is 7.16. The molecule has 7 nitrogen and oxygen atoms in total. The quantitative estimate of drug-likeness (QED) is 0.392. The summed E-state index contributed by atoms with van der Waals surface area (Å²) in [6.45, 7) is 3.75. The van der Waals surface area contributed by atoms with Crippen molar-refractivity contribution in [3.8, 4) is 5.75 Å². The number of ether oxygens (including phenoxy) is 3. The second-order valence-corrected chi connectivity index (χ2v) is 9.61. The van der Waals surface area contributed by atoms with Crippen LogP contribution in [0.2, 0.25) is 0 Å². The van der Waals surface area contributed by atoms with Crippen molar-refractivity contribution in [1.82, 2.24) is 4.90 Å². The molecule has 0 aromatic heterocycles. The van der Waals surface area contributed by atoms with Gasteiger partial charge in [0.1, 0.15) is 18.5 Å². The standard InChI is InChI=1S/C30H32N2O5/c1-35-29(33)25-12-10-22(11-13-25)21-36-27-9-5-6-23(18-27)19-32(26-7-3-2-4-8-26)30(34)37-28-20-31-16-14-24(28)15-17-31/h2-13,18,24,28H,14-17,19-21H2,1H3/t28-/m0/s1. The molecule has 0 radical (unpaired) electrons. The lowest BCUT2D eigenvalue weighted by Crippen LogP contribution is -2.53. The lowest BCUT2D eigenvalue weighted by atomic mass is 9.86. The Kier molecular flexibility index (Phi) is 7.70. The Morgan fingerprint density at radius 3 is 2.35 bits per heavy atom. The van der Waals surface area contributed by atoms with Crippen molar-refractivity contribution < 1.29 is 23.8 Å². The van der Waals surface area contributed by atoms with Crippen LogP contribution in [0, 0.1) is 5.92 Å². The topological polar surface area (TPSA) is 68.3 Å². The van der Waals surface area contributed by atoms with Gasteiger partial charge in [-0.1, -0.05) is 42.5 Å². The van der Waals surface area contributed by atoms with Gasteiger partial charge in [-0.05, 0) is 79.4 Å². The number of nitrogens with zero attached hydrogens (tertiary/aromatic N) is 2. The maximum absolute atomic E-state index is 13.4. The largest absolute Gasteiger partial charge is 0.489 e. The maximum Gasteiger partial charge on any atom is 0.414 e. The first-order chi connectivity index (χ1) is 18.1.